The van der Waals surface area contributed by atoms with Gasteiger partial charge >= 0.3 is 0 Å². The van der Waals surface area contributed by atoms with E-state index >= 15 is 0 Å². The maximum absolute atomic E-state index is 13.2. The van der Waals surface area contributed by atoms with E-state index in [1.165, 1.54) is 19.3 Å². The van der Waals surface area contributed by atoms with Crippen LogP contribution in [0.3, 0.4) is 0 Å². The molecule has 1 aromatic rings. The Bertz CT molecular complexity index is 854. The Hall–Kier alpha value is -2.25. The van der Waals surface area contributed by atoms with E-state index in [0.717, 1.165) is 23.2 Å². The van der Waals surface area contributed by atoms with Crippen molar-refractivity contribution >= 4 is 17.7 Å². The van der Waals surface area contributed by atoms with Crippen LogP contribution in [0.1, 0.15) is 53.6 Å². The highest BCUT2D eigenvalue weighted by Crippen LogP contribution is 2.43. The van der Waals surface area contributed by atoms with E-state index in [0.29, 0.717) is 37.5 Å². The average molecular weight is 382 g/mol. The molecule has 3 amide bonds. The molecule has 1 aliphatic carbocycles. The third-order valence-electron chi connectivity index (χ3n) is 7.12. The predicted octanol–water partition coefficient (Wildman–Crippen LogP) is 0.759. The van der Waals surface area contributed by atoms with Gasteiger partial charge in [-0.25, -0.2) is 0 Å². The Kier molecular flexibility index (Phi) is 4.25. The number of hydrogen-bond acceptors (Lipinski definition) is 5. The molecule has 7 heteroatoms. The van der Waals surface area contributed by atoms with E-state index in [4.69, 9.17) is 5.73 Å². The van der Waals surface area contributed by atoms with Crippen molar-refractivity contribution in [1.82, 2.24) is 15.1 Å². The predicted molar refractivity (Wildman–Crippen MR) is 102 cm³/mol. The third kappa shape index (κ3) is 2.68. The molecule has 1 unspecified atom stereocenters. The molecule has 148 valence electrons. The van der Waals surface area contributed by atoms with Crippen LogP contribution in [0.15, 0.2) is 18.2 Å². The van der Waals surface area contributed by atoms with E-state index < -0.39 is 6.04 Å². The molecule has 3 aliphatic heterocycles. The molecule has 7 nitrogen and oxygen atoms in total. The number of nitrogens with two attached hydrogens (primary N) is 1. The molecule has 2 saturated heterocycles. The molecule has 4 aliphatic rings. The van der Waals surface area contributed by atoms with Gasteiger partial charge in [0.1, 0.15) is 6.04 Å². The van der Waals surface area contributed by atoms with Crippen molar-refractivity contribution in [1.29, 1.82) is 0 Å². The van der Waals surface area contributed by atoms with Gasteiger partial charge in [0, 0.05) is 43.7 Å². The number of nitrogens with zero attached hydrogens (tertiary/aromatic N) is 2. The Labute approximate surface area is 164 Å². The summed E-state index contributed by atoms with van der Waals surface area (Å²) in [5.74, 6) is -0.0294. The first kappa shape index (κ1) is 17.8. The lowest BCUT2D eigenvalue weighted by molar-refractivity contribution is -0.136. The van der Waals surface area contributed by atoms with Gasteiger partial charge in [-0.2, -0.15) is 0 Å². The molecule has 0 spiro atoms. The fourth-order valence-electron chi connectivity index (χ4n) is 5.78. The van der Waals surface area contributed by atoms with E-state index in [1.807, 2.05) is 18.2 Å². The SMILES string of the molecule is NC[C@@H]1[C@H]2CC[C@H](C2)N1Cc1cccc2c1C(=O)N(C1CCC(=O)NC1=O)C2. The minimum atomic E-state index is -0.565. The number of benzene rings is 1. The Morgan fingerprint density at radius 2 is 2.00 bits per heavy atom. The molecule has 3 fully saturated rings. The standard InChI is InChI=1S/C21H26N4O3/c22-9-17-12-4-5-15(8-12)24(17)10-13-2-1-3-14-11-25(21(28)19(13)14)16-6-7-18(26)23-20(16)27/h1-3,12,15-17H,4-11,22H2,(H,23,26,27)/t12-,15+,16?,17+/m0/s1. The monoisotopic (exact) mass is 382 g/mol. The maximum Gasteiger partial charge on any atom is 0.255 e. The number of likely N-dealkylation sites (tertiary alicyclic amines) is 1. The fourth-order valence-corrected chi connectivity index (χ4v) is 5.78. The van der Waals surface area contributed by atoms with Crippen molar-refractivity contribution in [2.45, 2.75) is 63.3 Å². The van der Waals surface area contributed by atoms with E-state index in [1.54, 1.807) is 4.90 Å². The molecular weight excluding hydrogens is 356 g/mol. The van der Waals surface area contributed by atoms with Crippen LogP contribution in [0.2, 0.25) is 0 Å². The molecule has 28 heavy (non-hydrogen) atoms. The van der Waals surface area contributed by atoms with Crippen LogP contribution in [0.25, 0.3) is 0 Å². The van der Waals surface area contributed by atoms with Crippen molar-refractivity contribution in [3.63, 3.8) is 0 Å². The molecule has 3 N–H and O–H groups in total. The lowest BCUT2D eigenvalue weighted by Gasteiger charge is -2.35. The summed E-state index contributed by atoms with van der Waals surface area (Å²) < 4.78 is 0. The minimum Gasteiger partial charge on any atom is -0.329 e. The number of rotatable bonds is 4. The first-order valence-corrected chi connectivity index (χ1v) is 10.3. The first-order valence-electron chi connectivity index (χ1n) is 10.3. The van der Waals surface area contributed by atoms with Crippen molar-refractivity contribution in [2.75, 3.05) is 6.54 Å². The molecule has 1 saturated carbocycles. The number of carbonyl (C=O) groups is 3. The largest absolute Gasteiger partial charge is 0.329 e. The summed E-state index contributed by atoms with van der Waals surface area (Å²) in [4.78, 5) is 41.1. The molecule has 0 aromatic heterocycles. The zero-order valence-corrected chi connectivity index (χ0v) is 15.9. The number of carbonyl (C=O) groups excluding carboxylic acids is 3. The highest BCUT2D eigenvalue weighted by Gasteiger charge is 2.46. The second-order valence-corrected chi connectivity index (χ2v) is 8.55. The minimum absolute atomic E-state index is 0.0891. The van der Waals surface area contributed by atoms with Gasteiger partial charge in [-0.1, -0.05) is 18.2 Å². The quantitative estimate of drug-likeness (QED) is 0.750. The van der Waals surface area contributed by atoms with Gasteiger partial charge in [0.2, 0.25) is 11.8 Å². The maximum atomic E-state index is 13.2. The lowest BCUT2D eigenvalue weighted by Crippen LogP contribution is -2.52. The summed E-state index contributed by atoms with van der Waals surface area (Å²) >= 11 is 0. The molecule has 3 heterocycles. The van der Waals surface area contributed by atoms with Crippen LogP contribution in [0.5, 0.6) is 0 Å². The van der Waals surface area contributed by atoms with Gasteiger partial charge in [0.25, 0.3) is 5.91 Å². The fraction of sp³-hybridized carbons (Fsp3) is 0.571. The number of hydrogen-bond donors (Lipinski definition) is 2. The third-order valence-corrected chi connectivity index (χ3v) is 7.12. The summed E-state index contributed by atoms with van der Waals surface area (Å²) in [6.45, 7) is 1.83. The van der Waals surface area contributed by atoms with Gasteiger partial charge in [0.05, 0.1) is 0 Å². The summed E-state index contributed by atoms with van der Waals surface area (Å²) in [7, 11) is 0. The summed E-state index contributed by atoms with van der Waals surface area (Å²) in [6.07, 6.45) is 4.36. The number of piperidine rings is 2. The second kappa shape index (κ2) is 6.67. The molecule has 2 bridgehead atoms. The van der Waals surface area contributed by atoms with Crippen LogP contribution in [-0.2, 0) is 22.7 Å². The van der Waals surface area contributed by atoms with Crippen molar-refractivity contribution in [3.8, 4) is 0 Å². The average Bonchev–Trinajstić information content (AvgIpc) is 3.36. The van der Waals surface area contributed by atoms with Crippen LogP contribution in [0, 0.1) is 5.92 Å². The molecular formula is C21H26N4O3. The van der Waals surface area contributed by atoms with Crippen LogP contribution >= 0.6 is 0 Å². The van der Waals surface area contributed by atoms with E-state index in [2.05, 4.69) is 10.2 Å². The van der Waals surface area contributed by atoms with Crippen molar-refractivity contribution in [3.05, 3.63) is 34.9 Å². The topological polar surface area (TPSA) is 95.7 Å². The summed E-state index contributed by atoms with van der Waals surface area (Å²) in [5.41, 5.74) is 8.81. The molecule has 4 atom stereocenters. The van der Waals surface area contributed by atoms with E-state index in [9.17, 15) is 14.4 Å². The van der Waals surface area contributed by atoms with Gasteiger partial charge in [-0.05, 0) is 42.7 Å². The normalized spacial score (nSPS) is 32.2. The Morgan fingerprint density at radius 1 is 1.14 bits per heavy atom. The Balaban J connectivity index is 1.40. The Morgan fingerprint density at radius 3 is 2.79 bits per heavy atom. The number of amides is 3. The van der Waals surface area contributed by atoms with Crippen LogP contribution in [0.4, 0.5) is 0 Å². The summed E-state index contributed by atoms with van der Waals surface area (Å²) in [6, 6.07) is 6.41. The van der Waals surface area contributed by atoms with Gasteiger partial charge in [0.15, 0.2) is 0 Å². The second-order valence-electron chi connectivity index (χ2n) is 8.55. The smallest absolute Gasteiger partial charge is 0.255 e. The van der Waals surface area contributed by atoms with Crippen molar-refractivity contribution < 1.29 is 14.4 Å². The highest BCUT2D eigenvalue weighted by atomic mass is 16.2. The number of imide groups is 1. The molecule has 0 radical (unpaired) electrons. The van der Waals surface area contributed by atoms with E-state index in [-0.39, 0.29) is 24.1 Å². The van der Waals surface area contributed by atoms with Crippen LogP contribution in [-0.4, -0.2) is 52.2 Å². The van der Waals surface area contributed by atoms with Crippen LogP contribution < -0.4 is 11.1 Å². The molecule has 1 aromatic carbocycles. The lowest BCUT2D eigenvalue weighted by atomic mass is 9.97. The zero-order valence-electron chi connectivity index (χ0n) is 15.9. The molecule has 5 rings (SSSR count). The zero-order chi connectivity index (χ0) is 19.4. The van der Waals surface area contributed by atoms with Crippen molar-refractivity contribution in [2.24, 2.45) is 11.7 Å². The van der Waals surface area contributed by atoms with Gasteiger partial charge in [-0.15, -0.1) is 0 Å². The summed E-state index contributed by atoms with van der Waals surface area (Å²) in [5, 5.41) is 2.36. The van der Waals surface area contributed by atoms with Gasteiger partial charge < -0.3 is 10.6 Å². The highest BCUT2D eigenvalue weighted by molar-refractivity contribution is 6.05. The number of fused-ring (bicyclic) bond motifs is 3. The van der Waals surface area contributed by atoms with Gasteiger partial charge in [-0.3, -0.25) is 24.6 Å². The first-order chi connectivity index (χ1) is 13.6. The number of nitrogens with one attached hydrogen (secondary N) is 1.